The molecular formula is C10H10N4S. The van der Waals surface area contributed by atoms with Crippen LogP contribution in [-0.2, 0) is 0 Å². The Morgan fingerprint density at radius 2 is 2.20 bits per heavy atom. The molecular weight excluding hydrogens is 208 g/mol. The molecule has 3 rings (SSSR count). The van der Waals surface area contributed by atoms with Crippen LogP contribution in [0.15, 0.2) is 24.4 Å². The molecule has 1 N–H and O–H groups in total. The van der Waals surface area contributed by atoms with Crippen LogP contribution < -0.4 is 5.32 Å². The minimum Gasteiger partial charge on any atom is -0.315 e. The maximum atomic E-state index is 4.17. The van der Waals surface area contributed by atoms with Crippen molar-refractivity contribution in [2.75, 3.05) is 5.32 Å². The van der Waals surface area contributed by atoms with E-state index in [1.54, 1.807) is 17.5 Å². The van der Waals surface area contributed by atoms with Gasteiger partial charge in [0.1, 0.15) is 10.8 Å². The van der Waals surface area contributed by atoms with Crippen molar-refractivity contribution < 1.29 is 0 Å². The van der Waals surface area contributed by atoms with Gasteiger partial charge in [-0.2, -0.15) is 0 Å². The molecule has 15 heavy (non-hydrogen) atoms. The molecule has 1 aliphatic rings. The summed E-state index contributed by atoms with van der Waals surface area (Å²) in [4.78, 5) is 4.17. The van der Waals surface area contributed by atoms with E-state index in [1.807, 2.05) is 18.2 Å². The summed E-state index contributed by atoms with van der Waals surface area (Å²) in [6.07, 6.45) is 4.28. The van der Waals surface area contributed by atoms with Crippen LogP contribution in [0.25, 0.3) is 0 Å². The summed E-state index contributed by atoms with van der Waals surface area (Å²) in [5.74, 6) is 1.48. The predicted octanol–water partition coefficient (Wildman–Crippen LogP) is 2.55. The maximum absolute atomic E-state index is 4.17. The first kappa shape index (κ1) is 8.79. The highest BCUT2D eigenvalue weighted by Crippen LogP contribution is 2.42. The number of nitrogens with one attached hydrogen (secondary N) is 1. The summed E-state index contributed by atoms with van der Waals surface area (Å²) in [7, 11) is 0. The maximum Gasteiger partial charge on any atom is 0.211 e. The van der Waals surface area contributed by atoms with E-state index in [-0.39, 0.29) is 0 Å². The number of pyridine rings is 1. The zero-order chi connectivity index (χ0) is 10.1. The molecule has 0 bridgehead atoms. The highest BCUT2D eigenvalue weighted by Gasteiger charge is 2.27. The minimum atomic E-state index is 0.668. The Bertz CT molecular complexity index is 449. The molecule has 0 spiro atoms. The van der Waals surface area contributed by atoms with Crippen LogP contribution in [0.2, 0.25) is 0 Å². The summed E-state index contributed by atoms with van der Waals surface area (Å²) in [6.45, 7) is 0. The molecule has 0 radical (unpaired) electrons. The Labute approximate surface area is 91.4 Å². The van der Waals surface area contributed by atoms with Gasteiger partial charge in [0.15, 0.2) is 0 Å². The lowest BCUT2D eigenvalue weighted by atomic mass is 10.5. The lowest BCUT2D eigenvalue weighted by Gasteiger charge is -1.97. The van der Waals surface area contributed by atoms with E-state index in [9.17, 15) is 0 Å². The van der Waals surface area contributed by atoms with Crippen molar-refractivity contribution in [3.63, 3.8) is 0 Å². The summed E-state index contributed by atoms with van der Waals surface area (Å²) >= 11 is 1.62. The number of hydrogen-bond donors (Lipinski definition) is 1. The van der Waals surface area contributed by atoms with Crippen LogP contribution in [0.5, 0.6) is 0 Å². The van der Waals surface area contributed by atoms with E-state index >= 15 is 0 Å². The van der Waals surface area contributed by atoms with Crippen molar-refractivity contribution in [3.05, 3.63) is 29.4 Å². The number of hydrogen-bond acceptors (Lipinski definition) is 5. The van der Waals surface area contributed by atoms with Crippen molar-refractivity contribution in [1.29, 1.82) is 0 Å². The second kappa shape index (κ2) is 3.58. The highest BCUT2D eigenvalue weighted by molar-refractivity contribution is 7.15. The number of aromatic nitrogens is 3. The van der Waals surface area contributed by atoms with Crippen molar-refractivity contribution in [3.8, 4) is 0 Å². The molecule has 1 fully saturated rings. The average Bonchev–Trinajstić information content (AvgIpc) is 3.02. The van der Waals surface area contributed by atoms with Crippen molar-refractivity contribution >= 4 is 22.3 Å². The third-order valence-electron chi connectivity index (χ3n) is 2.27. The molecule has 0 amide bonds. The SMILES string of the molecule is c1ccc(Nc2nnc(C3CC3)s2)nc1. The fourth-order valence-corrected chi connectivity index (χ4v) is 2.25. The Hall–Kier alpha value is -1.49. The van der Waals surface area contributed by atoms with Crippen LogP contribution in [0.1, 0.15) is 23.8 Å². The summed E-state index contributed by atoms with van der Waals surface area (Å²) in [5.41, 5.74) is 0. The molecule has 1 aliphatic carbocycles. The molecule has 2 heterocycles. The van der Waals surface area contributed by atoms with Gasteiger partial charge in [-0.3, -0.25) is 0 Å². The van der Waals surface area contributed by atoms with Crippen molar-refractivity contribution in [2.45, 2.75) is 18.8 Å². The molecule has 4 nitrogen and oxygen atoms in total. The predicted molar refractivity (Wildman–Crippen MR) is 59.4 cm³/mol. The number of rotatable bonds is 3. The minimum absolute atomic E-state index is 0.668. The van der Waals surface area contributed by atoms with Crippen LogP contribution in [0.3, 0.4) is 0 Å². The van der Waals surface area contributed by atoms with E-state index in [2.05, 4.69) is 20.5 Å². The molecule has 2 aromatic rings. The molecule has 2 aromatic heterocycles. The first-order chi connectivity index (χ1) is 7.42. The standard InChI is InChI=1S/C10H10N4S/c1-2-6-11-8(3-1)12-10-14-13-9(15-10)7-4-5-7/h1-3,6-7H,4-5H2,(H,11,12,14). The van der Waals surface area contributed by atoms with Gasteiger partial charge in [0, 0.05) is 12.1 Å². The smallest absolute Gasteiger partial charge is 0.211 e. The van der Waals surface area contributed by atoms with Crippen LogP contribution >= 0.6 is 11.3 Å². The molecule has 0 aromatic carbocycles. The zero-order valence-corrected chi connectivity index (χ0v) is 8.87. The van der Waals surface area contributed by atoms with E-state index in [1.165, 1.54) is 12.8 Å². The summed E-state index contributed by atoms with van der Waals surface area (Å²) in [6, 6.07) is 5.75. The van der Waals surface area contributed by atoms with Crippen molar-refractivity contribution in [2.24, 2.45) is 0 Å². The molecule has 5 heteroatoms. The van der Waals surface area contributed by atoms with E-state index in [0.29, 0.717) is 5.92 Å². The van der Waals surface area contributed by atoms with Gasteiger partial charge in [0.05, 0.1) is 0 Å². The number of nitrogens with zero attached hydrogens (tertiary/aromatic N) is 3. The third kappa shape index (κ3) is 1.97. The quantitative estimate of drug-likeness (QED) is 0.860. The normalized spacial score (nSPS) is 15.2. The molecule has 0 saturated heterocycles. The second-order valence-electron chi connectivity index (χ2n) is 3.56. The summed E-state index contributed by atoms with van der Waals surface area (Å²) < 4.78 is 0. The van der Waals surface area contributed by atoms with Gasteiger partial charge < -0.3 is 5.32 Å². The highest BCUT2D eigenvalue weighted by atomic mass is 32.1. The van der Waals surface area contributed by atoms with Gasteiger partial charge in [-0.15, -0.1) is 10.2 Å². The Morgan fingerprint density at radius 1 is 1.27 bits per heavy atom. The second-order valence-corrected chi connectivity index (χ2v) is 4.57. The molecule has 1 saturated carbocycles. The van der Waals surface area contributed by atoms with Gasteiger partial charge in [-0.25, -0.2) is 4.98 Å². The average molecular weight is 218 g/mol. The largest absolute Gasteiger partial charge is 0.315 e. The lowest BCUT2D eigenvalue weighted by Crippen LogP contribution is -1.91. The van der Waals surface area contributed by atoms with Gasteiger partial charge in [-0.1, -0.05) is 17.4 Å². The molecule has 76 valence electrons. The molecule has 0 unspecified atom stereocenters. The fourth-order valence-electron chi connectivity index (χ4n) is 1.33. The van der Waals surface area contributed by atoms with Gasteiger partial charge in [0.25, 0.3) is 0 Å². The Morgan fingerprint density at radius 3 is 2.93 bits per heavy atom. The molecule has 0 atom stereocenters. The van der Waals surface area contributed by atoms with Gasteiger partial charge in [-0.05, 0) is 25.0 Å². The summed E-state index contributed by atoms with van der Waals surface area (Å²) in [5, 5.41) is 13.4. The number of anilines is 2. The van der Waals surface area contributed by atoms with E-state index in [0.717, 1.165) is 16.0 Å². The van der Waals surface area contributed by atoms with Gasteiger partial charge >= 0.3 is 0 Å². The monoisotopic (exact) mass is 218 g/mol. The Kier molecular flexibility index (Phi) is 2.10. The lowest BCUT2D eigenvalue weighted by molar-refractivity contribution is 0.977. The van der Waals surface area contributed by atoms with Crippen LogP contribution in [-0.4, -0.2) is 15.2 Å². The van der Waals surface area contributed by atoms with Crippen molar-refractivity contribution in [1.82, 2.24) is 15.2 Å². The molecule has 0 aliphatic heterocycles. The first-order valence-electron chi connectivity index (χ1n) is 4.93. The van der Waals surface area contributed by atoms with Crippen LogP contribution in [0, 0.1) is 0 Å². The van der Waals surface area contributed by atoms with Gasteiger partial charge in [0.2, 0.25) is 5.13 Å². The third-order valence-corrected chi connectivity index (χ3v) is 3.27. The topological polar surface area (TPSA) is 50.7 Å². The van der Waals surface area contributed by atoms with E-state index in [4.69, 9.17) is 0 Å². The van der Waals surface area contributed by atoms with E-state index < -0.39 is 0 Å². The van der Waals surface area contributed by atoms with Crippen LogP contribution in [0.4, 0.5) is 10.9 Å². The Balaban J connectivity index is 1.76. The fraction of sp³-hybridized carbons (Fsp3) is 0.300. The first-order valence-corrected chi connectivity index (χ1v) is 5.75. The zero-order valence-electron chi connectivity index (χ0n) is 8.05.